The lowest BCUT2D eigenvalue weighted by Crippen LogP contribution is -2.25. The van der Waals surface area contributed by atoms with Gasteiger partial charge < -0.3 is 9.97 Å². The van der Waals surface area contributed by atoms with Crippen LogP contribution in [0.4, 0.5) is 0 Å². The number of aromatic nitrogens is 4. The zero-order valence-electron chi connectivity index (χ0n) is 16.4. The number of carbonyl (C=O) groups excluding carboxylic acids is 1. The van der Waals surface area contributed by atoms with Crippen molar-refractivity contribution in [2.75, 3.05) is 5.75 Å². The number of ketones is 1. The smallest absolute Gasteiger partial charge is 0.306 e. The molecule has 4 rings (SSSR count). The van der Waals surface area contributed by atoms with E-state index in [1.54, 1.807) is 41.0 Å². The Bertz CT molecular complexity index is 1390. The number of nitrogens with one attached hydrogen (secondary N) is 2. The number of hydrogen-bond donors (Lipinski definition) is 2. The first-order valence-electron chi connectivity index (χ1n) is 9.40. The van der Waals surface area contributed by atoms with Crippen LogP contribution in [-0.2, 0) is 6.54 Å². The Morgan fingerprint density at radius 3 is 2.67 bits per heavy atom. The molecule has 0 fully saturated rings. The molecule has 0 bridgehead atoms. The molecular weight excluding hydrogens is 424 g/mol. The van der Waals surface area contributed by atoms with Crippen molar-refractivity contribution in [1.29, 1.82) is 0 Å². The van der Waals surface area contributed by atoms with Gasteiger partial charge in [0, 0.05) is 17.1 Å². The molecule has 2 aromatic carbocycles. The van der Waals surface area contributed by atoms with Crippen molar-refractivity contribution in [3.63, 3.8) is 0 Å². The van der Waals surface area contributed by atoms with Crippen molar-refractivity contribution in [3.8, 4) is 0 Å². The minimum absolute atomic E-state index is 0.115. The summed E-state index contributed by atoms with van der Waals surface area (Å²) in [5.74, 6) is 0.221. The van der Waals surface area contributed by atoms with Crippen molar-refractivity contribution in [1.82, 2.24) is 19.5 Å². The van der Waals surface area contributed by atoms with E-state index in [4.69, 9.17) is 11.6 Å². The number of nitrogens with zero attached hydrogens (tertiary/aromatic N) is 2. The summed E-state index contributed by atoms with van der Waals surface area (Å²) in [6.07, 6.45) is 0. The van der Waals surface area contributed by atoms with Crippen LogP contribution in [0.3, 0.4) is 0 Å². The van der Waals surface area contributed by atoms with Crippen molar-refractivity contribution in [3.05, 3.63) is 67.8 Å². The molecule has 0 aliphatic heterocycles. The molecule has 30 heavy (non-hydrogen) atoms. The van der Waals surface area contributed by atoms with E-state index in [9.17, 15) is 14.4 Å². The number of benzene rings is 2. The molecule has 2 N–H and O–H groups in total. The Hall–Kier alpha value is -2.84. The number of halogens is 1. The fraction of sp³-hybridized carbons (Fsp3) is 0.238. The largest absolute Gasteiger partial charge is 0.323 e. The molecule has 9 heteroatoms. The minimum atomic E-state index is -0.317. The van der Waals surface area contributed by atoms with Gasteiger partial charge in [0.1, 0.15) is 0 Å². The van der Waals surface area contributed by atoms with Crippen LogP contribution in [0, 0.1) is 5.92 Å². The van der Waals surface area contributed by atoms with Gasteiger partial charge in [-0.15, -0.1) is 0 Å². The number of imidazole rings is 1. The molecule has 0 saturated carbocycles. The van der Waals surface area contributed by atoms with E-state index in [1.807, 2.05) is 13.8 Å². The molecule has 0 aliphatic rings. The summed E-state index contributed by atoms with van der Waals surface area (Å²) >= 11 is 7.28. The average Bonchev–Trinajstić information content (AvgIpc) is 3.08. The Morgan fingerprint density at radius 2 is 1.90 bits per heavy atom. The van der Waals surface area contributed by atoms with Crippen LogP contribution >= 0.6 is 23.4 Å². The van der Waals surface area contributed by atoms with Gasteiger partial charge in [0.2, 0.25) is 0 Å². The predicted molar refractivity (Wildman–Crippen MR) is 120 cm³/mol. The maximum atomic E-state index is 13.0. The Morgan fingerprint density at radius 1 is 1.13 bits per heavy atom. The zero-order valence-corrected chi connectivity index (χ0v) is 17.9. The molecule has 4 aromatic rings. The number of rotatable bonds is 6. The van der Waals surface area contributed by atoms with Crippen LogP contribution in [0.25, 0.3) is 21.9 Å². The van der Waals surface area contributed by atoms with Gasteiger partial charge in [-0.1, -0.05) is 37.2 Å². The van der Waals surface area contributed by atoms with Gasteiger partial charge in [-0.05, 0) is 42.3 Å². The van der Waals surface area contributed by atoms with Crippen LogP contribution in [0.1, 0.15) is 24.2 Å². The van der Waals surface area contributed by atoms with Gasteiger partial charge in [0.05, 0.1) is 27.7 Å². The maximum absolute atomic E-state index is 13.0. The van der Waals surface area contributed by atoms with Crippen molar-refractivity contribution in [2.45, 2.75) is 25.5 Å². The maximum Gasteiger partial charge on any atom is 0.323 e. The van der Waals surface area contributed by atoms with Gasteiger partial charge in [-0.3, -0.25) is 14.2 Å². The molecular formula is C21H19ClN4O3S. The third kappa shape index (κ3) is 4.06. The molecule has 0 aliphatic carbocycles. The molecule has 0 radical (unpaired) electrons. The lowest BCUT2D eigenvalue weighted by molar-refractivity contribution is 0.102. The standard InChI is InChI=1S/C21H19ClN4O3S/c1-11(2)9-26-19(28)14-8-13(22)4-6-15(14)25-21(26)30-10-18(27)12-3-5-16-17(7-12)24-20(29)23-16/h3-8,11H,9-10H2,1-2H3,(H2,23,24,29). The van der Waals surface area contributed by atoms with Crippen molar-refractivity contribution >= 4 is 51.1 Å². The highest BCUT2D eigenvalue weighted by Crippen LogP contribution is 2.22. The normalized spacial score (nSPS) is 11.6. The van der Waals surface area contributed by atoms with Gasteiger partial charge >= 0.3 is 5.69 Å². The van der Waals surface area contributed by atoms with Gasteiger partial charge in [0.25, 0.3) is 5.56 Å². The molecule has 2 heterocycles. The number of Topliss-reactive ketones (excluding diaryl/α,β-unsaturated/α-hetero) is 1. The first-order chi connectivity index (χ1) is 14.3. The highest BCUT2D eigenvalue weighted by Gasteiger charge is 2.16. The van der Waals surface area contributed by atoms with Gasteiger partial charge in [0.15, 0.2) is 10.9 Å². The van der Waals surface area contributed by atoms with E-state index in [0.717, 1.165) is 0 Å². The fourth-order valence-electron chi connectivity index (χ4n) is 3.23. The highest BCUT2D eigenvalue weighted by molar-refractivity contribution is 7.99. The SMILES string of the molecule is CC(C)Cn1c(SCC(=O)c2ccc3[nH]c(=O)[nH]c3c2)nc2ccc(Cl)cc2c1=O. The number of carbonyl (C=O) groups is 1. The first-order valence-corrected chi connectivity index (χ1v) is 10.8. The number of thioether (sulfide) groups is 1. The number of aromatic amines is 2. The third-order valence-electron chi connectivity index (χ3n) is 4.60. The second-order valence-corrected chi connectivity index (χ2v) is 8.80. The number of hydrogen-bond acceptors (Lipinski definition) is 5. The van der Waals surface area contributed by atoms with Crippen molar-refractivity contribution in [2.24, 2.45) is 5.92 Å². The van der Waals surface area contributed by atoms with E-state index < -0.39 is 0 Å². The molecule has 2 aromatic heterocycles. The lowest BCUT2D eigenvalue weighted by Gasteiger charge is -2.15. The molecule has 0 unspecified atom stereocenters. The molecule has 0 spiro atoms. The fourth-order valence-corrected chi connectivity index (χ4v) is 4.30. The van der Waals surface area contributed by atoms with Crippen LogP contribution in [0.5, 0.6) is 0 Å². The van der Waals surface area contributed by atoms with Crippen LogP contribution in [0.15, 0.2) is 51.1 Å². The Balaban J connectivity index is 1.66. The predicted octanol–water partition coefficient (Wildman–Crippen LogP) is 3.85. The zero-order chi connectivity index (χ0) is 21.4. The van der Waals surface area contributed by atoms with Crippen LogP contribution < -0.4 is 11.2 Å². The van der Waals surface area contributed by atoms with Gasteiger partial charge in [-0.2, -0.15) is 0 Å². The Kier molecular flexibility index (Phi) is 5.53. The van der Waals surface area contributed by atoms with E-state index in [1.165, 1.54) is 11.8 Å². The summed E-state index contributed by atoms with van der Waals surface area (Å²) in [5, 5.41) is 1.43. The average molecular weight is 443 g/mol. The minimum Gasteiger partial charge on any atom is -0.306 e. The second kappa shape index (κ2) is 8.12. The third-order valence-corrected chi connectivity index (χ3v) is 5.81. The van der Waals surface area contributed by atoms with E-state index >= 15 is 0 Å². The monoisotopic (exact) mass is 442 g/mol. The van der Waals surface area contributed by atoms with Crippen LogP contribution in [0.2, 0.25) is 5.02 Å². The highest BCUT2D eigenvalue weighted by atomic mass is 35.5. The topological polar surface area (TPSA) is 101 Å². The van der Waals surface area contributed by atoms with Gasteiger partial charge in [-0.25, -0.2) is 9.78 Å². The van der Waals surface area contributed by atoms with E-state index in [2.05, 4.69) is 15.0 Å². The second-order valence-electron chi connectivity index (χ2n) is 7.42. The molecule has 0 saturated heterocycles. The van der Waals surface area contributed by atoms with Crippen LogP contribution in [-0.4, -0.2) is 31.1 Å². The van der Waals surface area contributed by atoms with Crippen molar-refractivity contribution < 1.29 is 4.79 Å². The summed E-state index contributed by atoms with van der Waals surface area (Å²) in [6, 6.07) is 10.0. The van der Waals surface area contributed by atoms with E-state index in [-0.39, 0.29) is 28.7 Å². The number of fused-ring (bicyclic) bond motifs is 2. The molecule has 154 valence electrons. The number of H-pyrrole nitrogens is 2. The first kappa shape index (κ1) is 20.4. The summed E-state index contributed by atoms with van der Waals surface area (Å²) in [6.45, 7) is 4.52. The lowest BCUT2D eigenvalue weighted by atomic mass is 10.1. The molecule has 0 atom stereocenters. The molecule has 0 amide bonds. The summed E-state index contributed by atoms with van der Waals surface area (Å²) in [7, 11) is 0. The molecule has 7 nitrogen and oxygen atoms in total. The summed E-state index contributed by atoms with van der Waals surface area (Å²) in [4.78, 5) is 47.1. The summed E-state index contributed by atoms with van der Waals surface area (Å²) in [5.41, 5.74) is 1.76. The summed E-state index contributed by atoms with van der Waals surface area (Å²) < 4.78 is 1.61. The Labute approximate surface area is 180 Å². The quantitative estimate of drug-likeness (QED) is 0.268. The van der Waals surface area contributed by atoms with E-state index in [0.29, 0.717) is 44.2 Å².